The minimum absolute atomic E-state index is 0.131. The molecule has 6 nitrogen and oxygen atoms in total. The number of benzene rings is 3. The van der Waals surface area contributed by atoms with Crippen LogP contribution in [0.3, 0.4) is 0 Å². The number of aromatic nitrogens is 2. The monoisotopic (exact) mass is 464 g/mol. The van der Waals surface area contributed by atoms with E-state index < -0.39 is 0 Å². The summed E-state index contributed by atoms with van der Waals surface area (Å²) in [5.41, 5.74) is 5.25. The summed E-state index contributed by atoms with van der Waals surface area (Å²) in [6.45, 7) is 3.74. The molecule has 0 aliphatic carbocycles. The number of rotatable bonds is 5. The van der Waals surface area contributed by atoms with Gasteiger partial charge in [0, 0.05) is 16.3 Å². The first-order valence-corrected chi connectivity index (χ1v) is 10.7. The van der Waals surface area contributed by atoms with Gasteiger partial charge in [0.25, 0.3) is 5.91 Å². The lowest BCUT2D eigenvalue weighted by atomic mass is 10.2. The third kappa shape index (κ3) is 5.07. The van der Waals surface area contributed by atoms with Crippen molar-refractivity contribution in [3.63, 3.8) is 0 Å². The molecule has 32 heavy (non-hydrogen) atoms. The number of hydrogen-bond acceptors (Lipinski definition) is 4. The summed E-state index contributed by atoms with van der Waals surface area (Å²) in [6, 6.07) is 18.9. The number of nitrogens with one attached hydrogen (secondary N) is 3. The first-order valence-electron chi connectivity index (χ1n) is 9.94. The quantitative estimate of drug-likeness (QED) is 0.345. The molecule has 3 N–H and O–H groups in total. The lowest BCUT2D eigenvalue weighted by Gasteiger charge is -2.12. The van der Waals surface area contributed by atoms with E-state index in [9.17, 15) is 4.79 Å². The molecular formula is C24H21ClN4O2S. The highest BCUT2D eigenvalue weighted by Gasteiger charge is 2.10. The Hall–Kier alpha value is -3.42. The van der Waals surface area contributed by atoms with Gasteiger partial charge in [-0.1, -0.05) is 41.9 Å². The van der Waals surface area contributed by atoms with E-state index in [0.29, 0.717) is 16.6 Å². The number of para-hydroxylation sites is 1. The molecule has 8 heteroatoms. The molecule has 0 spiro atoms. The van der Waals surface area contributed by atoms with Gasteiger partial charge in [-0.05, 0) is 67.5 Å². The molecule has 4 rings (SSSR count). The van der Waals surface area contributed by atoms with E-state index in [1.807, 2.05) is 74.5 Å². The molecule has 0 aliphatic rings. The van der Waals surface area contributed by atoms with Gasteiger partial charge in [0.1, 0.15) is 11.6 Å². The smallest absolute Gasteiger partial charge is 0.264 e. The molecule has 0 radical (unpaired) electrons. The lowest BCUT2D eigenvalue weighted by Crippen LogP contribution is -2.37. The number of ether oxygens (including phenoxy) is 1. The summed E-state index contributed by atoms with van der Waals surface area (Å²) in [6.07, 6.45) is 0. The average molecular weight is 465 g/mol. The fourth-order valence-electron chi connectivity index (χ4n) is 3.21. The Morgan fingerprint density at radius 3 is 2.72 bits per heavy atom. The Kier molecular flexibility index (Phi) is 6.39. The van der Waals surface area contributed by atoms with Gasteiger partial charge >= 0.3 is 0 Å². The van der Waals surface area contributed by atoms with Crippen molar-refractivity contribution < 1.29 is 9.53 Å². The number of halogens is 1. The number of anilines is 1. The molecule has 1 aromatic heterocycles. The van der Waals surface area contributed by atoms with E-state index in [1.54, 1.807) is 0 Å². The van der Waals surface area contributed by atoms with Crippen LogP contribution in [-0.2, 0) is 4.79 Å². The SMILES string of the molecule is Cc1cc2[nH]c(-c3cccc(NC(=S)NC(=O)COc4ccccc4C)c3)nc2cc1Cl. The lowest BCUT2D eigenvalue weighted by molar-refractivity contribution is -0.121. The zero-order valence-electron chi connectivity index (χ0n) is 17.5. The summed E-state index contributed by atoms with van der Waals surface area (Å²) >= 11 is 11.5. The van der Waals surface area contributed by atoms with Gasteiger partial charge in [-0.25, -0.2) is 4.98 Å². The Morgan fingerprint density at radius 1 is 1.09 bits per heavy atom. The van der Waals surface area contributed by atoms with Gasteiger partial charge in [-0.3, -0.25) is 10.1 Å². The second kappa shape index (κ2) is 9.38. The Labute approximate surface area is 196 Å². The molecule has 0 bridgehead atoms. The highest BCUT2D eigenvalue weighted by molar-refractivity contribution is 7.80. The van der Waals surface area contributed by atoms with Crippen molar-refractivity contribution in [3.8, 4) is 17.1 Å². The second-order valence-electron chi connectivity index (χ2n) is 7.34. The van der Waals surface area contributed by atoms with E-state index >= 15 is 0 Å². The van der Waals surface area contributed by atoms with Gasteiger partial charge in [0.2, 0.25) is 0 Å². The summed E-state index contributed by atoms with van der Waals surface area (Å²) in [5, 5.41) is 6.52. The molecule has 0 unspecified atom stereocenters. The largest absolute Gasteiger partial charge is 0.483 e. The molecule has 0 saturated carbocycles. The van der Waals surface area contributed by atoms with Crippen LogP contribution in [0.2, 0.25) is 5.02 Å². The summed E-state index contributed by atoms with van der Waals surface area (Å²) < 4.78 is 5.55. The number of nitrogens with zero attached hydrogens (tertiary/aromatic N) is 1. The molecular weight excluding hydrogens is 444 g/mol. The number of fused-ring (bicyclic) bond motifs is 1. The number of carbonyl (C=O) groups is 1. The van der Waals surface area contributed by atoms with Crippen molar-refractivity contribution in [3.05, 3.63) is 76.8 Å². The van der Waals surface area contributed by atoms with Crippen LogP contribution in [0.25, 0.3) is 22.4 Å². The number of amides is 1. The minimum Gasteiger partial charge on any atom is -0.483 e. The van der Waals surface area contributed by atoms with Gasteiger partial charge in [-0.2, -0.15) is 0 Å². The van der Waals surface area contributed by atoms with Crippen LogP contribution in [0.5, 0.6) is 5.75 Å². The first-order chi connectivity index (χ1) is 15.4. The van der Waals surface area contributed by atoms with Crippen molar-refractivity contribution in [2.75, 3.05) is 11.9 Å². The van der Waals surface area contributed by atoms with E-state index in [0.717, 1.165) is 33.4 Å². The molecule has 162 valence electrons. The third-order valence-corrected chi connectivity index (χ3v) is 5.47. The predicted molar refractivity (Wildman–Crippen MR) is 132 cm³/mol. The van der Waals surface area contributed by atoms with Gasteiger partial charge in [-0.15, -0.1) is 0 Å². The average Bonchev–Trinajstić information content (AvgIpc) is 3.16. The number of imidazole rings is 1. The van der Waals surface area contributed by atoms with Gasteiger partial charge < -0.3 is 15.0 Å². The molecule has 1 amide bonds. The first kappa shape index (κ1) is 21.8. The molecule has 3 aromatic carbocycles. The zero-order valence-corrected chi connectivity index (χ0v) is 19.1. The number of hydrogen-bond donors (Lipinski definition) is 3. The maximum absolute atomic E-state index is 12.2. The van der Waals surface area contributed by atoms with Crippen LogP contribution in [-0.4, -0.2) is 27.6 Å². The van der Waals surface area contributed by atoms with Gasteiger partial charge in [0.05, 0.1) is 11.0 Å². The van der Waals surface area contributed by atoms with Crippen molar-refractivity contribution in [1.82, 2.24) is 15.3 Å². The summed E-state index contributed by atoms with van der Waals surface area (Å²) in [5.74, 6) is 1.04. The minimum atomic E-state index is -0.341. The van der Waals surface area contributed by atoms with Crippen molar-refractivity contribution in [2.24, 2.45) is 0 Å². The summed E-state index contributed by atoms with van der Waals surface area (Å²) in [4.78, 5) is 20.1. The molecule has 0 atom stereocenters. The predicted octanol–water partition coefficient (Wildman–Crippen LogP) is 5.39. The fraction of sp³-hybridized carbons (Fsp3) is 0.125. The van der Waals surface area contributed by atoms with E-state index in [2.05, 4.69) is 20.6 Å². The van der Waals surface area contributed by atoms with Crippen LogP contribution in [0.4, 0.5) is 5.69 Å². The standard InChI is InChI=1S/C24H21ClN4O2S/c1-14-6-3-4-9-21(14)31-13-22(30)29-24(32)26-17-8-5-7-16(11-17)23-27-19-10-15(2)18(25)12-20(19)28-23/h3-12H,13H2,1-2H3,(H,27,28)(H2,26,29,30,32). The highest BCUT2D eigenvalue weighted by atomic mass is 35.5. The molecule has 1 heterocycles. The van der Waals surface area contributed by atoms with Crippen molar-refractivity contribution in [2.45, 2.75) is 13.8 Å². The highest BCUT2D eigenvalue weighted by Crippen LogP contribution is 2.26. The van der Waals surface area contributed by atoms with Crippen molar-refractivity contribution >= 4 is 51.6 Å². The van der Waals surface area contributed by atoms with Crippen LogP contribution < -0.4 is 15.4 Å². The van der Waals surface area contributed by atoms with E-state index in [4.69, 9.17) is 28.6 Å². The number of H-pyrrole nitrogens is 1. The molecule has 4 aromatic rings. The van der Waals surface area contributed by atoms with Gasteiger partial charge in [0.15, 0.2) is 11.7 Å². The maximum atomic E-state index is 12.2. The second-order valence-corrected chi connectivity index (χ2v) is 8.16. The number of aryl methyl sites for hydroxylation is 2. The number of carbonyl (C=O) groups excluding carboxylic acids is 1. The van der Waals surface area contributed by atoms with E-state index in [-0.39, 0.29) is 17.6 Å². The number of aromatic amines is 1. The maximum Gasteiger partial charge on any atom is 0.264 e. The fourth-order valence-corrected chi connectivity index (χ4v) is 3.60. The Morgan fingerprint density at radius 2 is 1.91 bits per heavy atom. The van der Waals surface area contributed by atoms with E-state index in [1.165, 1.54) is 0 Å². The van der Waals surface area contributed by atoms with Crippen LogP contribution >= 0.6 is 23.8 Å². The van der Waals surface area contributed by atoms with Crippen LogP contribution in [0.1, 0.15) is 11.1 Å². The third-order valence-electron chi connectivity index (χ3n) is 4.86. The van der Waals surface area contributed by atoms with Crippen molar-refractivity contribution in [1.29, 1.82) is 0 Å². The topological polar surface area (TPSA) is 79.0 Å². The zero-order chi connectivity index (χ0) is 22.7. The normalized spacial score (nSPS) is 10.7. The number of thiocarbonyl (C=S) groups is 1. The molecule has 0 saturated heterocycles. The molecule has 0 fully saturated rings. The van der Waals surface area contributed by atoms with Crippen LogP contribution in [0, 0.1) is 13.8 Å². The summed E-state index contributed by atoms with van der Waals surface area (Å²) in [7, 11) is 0. The Bertz CT molecular complexity index is 1280. The Balaban J connectivity index is 1.40. The van der Waals surface area contributed by atoms with Crippen LogP contribution in [0.15, 0.2) is 60.7 Å². The molecule has 0 aliphatic heterocycles.